The van der Waals surface area contributed by atoms with E-state index in [0.29, 0.717) is 18.9 Å². The van der Waals surface area contributed by atoms with Crippen molar-refractivity contribution in [2.75, 3.05) is 24.5 Å². The van der Waals surface area contributed by atoms with Gasteiger partial charge in [-0.15, -0.1) is 0 Å². The van der Waals surface area contributed by atoms with Gasteiger partial charge in [0, 0.05) is 31.7 Å². The van der Waals surface area contributed by atoms with Crippen LogP contribution in [0.4, 0.5) is 5.69 Å². The number of benzene rings is 1. The molecule has 2 saturated heterocycles. The molecule has 118 valence electrons. The minimum Gasteiger partial charge on any atom is -0.342 e. The SMILES string of the molecule is Cc1ccc(N2C[C@H](C(=O)N3CCC[C@H](C)C3)CC2=O)cc1. The van der Waals surface area contributed by atoms with E-state index in [4.69, 9.17) is 0 Å². The molecule has 1 aromatic carbocycles. The third-order valence-electron chi connectivity index (χ3n) is 4.79. The first-order valence-corrected chi connectivity index (χ1v) is 8.20. The Morgan fingerprint density at radius 1 is 1.18 bits per heavy atom. The lowest BCUT2D eigenvalue weighted by Gasteiger charge is -2.32. The summed E-state index contributed by atoms with van der Waals surface area (Å²) in [5.41, 5.74) is 2.07. The highest BCUT2D eigenvalue weighted by molar-refractivity contribution is 6.00. The van der Waals surface area contributed by atoms with Crippen molar-refractivity contribution in [2.24, 2.45) is 11.8 Å². The standard InChI is InChI=1S/C18H24N2O2/c1-13-5-7-16(8-6-13)20-12-15(10-17(20)21)18(22)19-9-3-4-14(2)11-19/h5-8,14-15H,3-4,9-12H2,1-2H3/t14-,15+/m0/s1. The van der Waals surface area contributed by atoms with Gasteiger partial charge in [0.25, 0.3) is 0 Å². The molecule has 0 unspecified atom stereocenters. The largest absolute Gasteiger partial charge is 0.342 e. The fourth-order valence-electron chi connectivity index (χ4n) is 3.50. The fraction of sp³-hybridized carbons (Fsp3) is 0.556. The second-order valence-electron chi connectivity index (χ2n) is 6.77. The van der Waals surface area contributed by atoms with Crippen LogP contribution in [0.5, 0.6) is 0 Å². The van der Waals surface area contributed by atoms with Crippen LogP contribution in [0.15, 0.2) is 24.3 Å². The number of piperidine rings is 1. The smallest absolute Gasteiger partial charge is 0.228 e. The van der Waals surface area contributed by atoms with E-state index in [-0.39, 0.29) is 17.7 Å². The molecule has 0 bridgehead atoms. The molecule has 3 rings (SSSR count). The van der Waals surface area contributed by atoms with Gasteiger partial charge in [-0.25, -0.2) is 0 Å². The predicted octanol–water partition coefficient (Wildman–Crippen LogP) is 2.61. The summed E-state index contributed by atoms with van der Waals surface area (Å²) in [6.07, 6.45) is 2.62. The van der Waals surface area contributed by atoms with E-state index in [0.717, 1.165) is 25.2 Å². The number of aryl methyl sites for hydroxylation is 1. The van der Waals surface area contributed by atoms with Gasteiger partial charge >= 0.3 is 0 Å². The van der Waals surface area contributed by atoms with E-state index >= 15 is 0 Å². The number of hydrogen-bond donors (Lipinski definition) is 0. The third kappa shape index (κ3) is 3.01. The summed E-state index contributed by atoms with van der Waals surface area (Å²) in [7, 11) is 0. The van der Waals surface area contributed by atoms with Crippen LogP contribution in [0.2, 0.25) is 0 Å². The Morgan fingerprint density at radius 3 is 2.59 bits per heavy atom. The van der Waals surface area contributed by atoms with Crippen LogP contribution in [0.25, 0.3) is 0 Å². The average Bonchev–Trinajstić information content (AvgIpc) is 2.89. The van der Waals surface area contributed by atoms with Crippen molar-refractivity contribution in [1.29, 1.82) is 0 Å². The molecule has 4 heteroatoms. The zero-order valence-electron chi connectivity index (χ0n) is 13.4. The van der Waals surface area contributed by atoms with Crippen LogP contribution in [-0.2, 0) is 9.59 Å². The summed E-state index contributed by atoms with van der Waals surface area (Å²) in [4.78, 5) is 28.7. The fourth-order valence-corrected chi connectivity index (χ4v) is 3.50. The van der Waals surface area contributed by atoms with Gasteiger partial charge in [0.1, 0.15) is 0 Å². The van der Waals surface area contributed by atoms with Crippen LogP contribution in [-0.4, -0.2) is 36.3 Å². The van der Waals surface area contributed by atoms with Crippen molar-refractivity contribution in [2.45, 2.75) is 33.1 Å². The molecule has 0 aliphatic carbocycles. The highest BCUT2D eigenvalue weighted by Crippen LogP contribution is 2.28. The summed E-state index contributed by atoms with van der Waals surface area (Å²) >= 11 is 0. The summed E-state index contributed by atoms with van der Waals surface area (Å²) in [6, 6.07) is 7.93. The van der Waals surface area contributed by atoms with Gasteiger partial charge < -0.3 is 9.80 Å². The Kier molecular flexibility index (Phi) is 4.19. The van der Waals surface area contributed by atoms with Gasteiger partial charge in [0.05, 0.1) is 5.92 Å². The Labute approximate surface area is 132 Å². The van der Waals surface area contributed by atoms with Crippen molar-refractivity contribution in [1.82, 2.24) is 4.90 Å². The van der Waals surface area contributed by atoms with Crippen molar-refractivity contribution < 1.29 is 9.59 Å². The molecule has 4 nitrogen and oxygen atoms in total. The minimum absolute atomic E-state index is 0.0623. The van der Waals surface area contributed by atoms with Gasteiger partial charge in [-0.1, -0.05) is 24.6 Å². The molecule has 2 fully saturated rings. The van der Waals surface area contributed by atoms with E-state index in [1.165, 1.54) is 12.0 Å². The van der Waals surface area contributed by atoms with Crippen molar-refractivity contribution in [3.05, 3.63) is 29.8 Å². The zero-order chi connectivity index (χ0) is 15.7. The van der Waals surface area contributed by atoms with E-state index < -0.39 is 0 Å². The highest BCUT2D eigenvalue weighted by atomic mass is 16.2. The minimum atomic E-state index is -0.181. The quantitative estimate of drug-likeness (QED) is 0.842. The Morgan fingerprint density at radius 2 is 1.91 bits per heavy atom. The zero-order valence-corrected chi connectivity index (χ0v) is 13.4. The molecule has 1 aromatic rings. The van der Waals surface area contributed by atoms with Crippen LogP contribution >= 0.6 is 0 Å². The molecule has 0 N–H and O–H groups in total. The maximum atomic E-state index is 12.7. The lowest BCUT2D eigenvalue weighted by Crippen LogP contribution is -2.43. The van der Waals surface area contributed by atoms with E-state index in [9.17, 15) is 9.59 Å². The van der Waals surface area contributed by atoms with Gasteiger partial charge in [0.15, 0.2) is 0 Å². The van der Waals surface area contributed by atoms with E-state index in [1.54, 1.807) is 4.90 Å². The molecule has 2 heterocycles. The number of nitrogens with zero attached hydrogens (tertiary/aromatic N) is 2. The molecule has 2 amide bonds. The third-order valence-corrected chi connectivity index (χ3v) is 4.79. The predicted molar refractivity (Wildman–Crippen MR) is 86.6 cm³/mol. The van der Waals surface area contributed by atoms with Crippen LogP contribution in [0.3, 0.4) is 0 Å². The Hall–Kier alpha value is -1.84. The van der Waals surface area contributed by atoms with Crippen LogP contribution in [0, 0.1) is 18.8 Å². The number of hydrogen-bond acceptors (Lipinski definition) is 2. The summed E-state index contributed by atoms with van der Waals surface area (Å²) in [5.74, 6) is 0.615. The molecular weight excluding hydrogens is 276 g/mol. The topological polar surface area (TPSA) is 40.6 Å². The van der Waals surface area contributed by atoms with Gasteiger partial charge in [-0.2, -0.15) is 0 Å². The summed E-state index contributed by atoms with van der Waals surface area (Å²) in [5, 5.41) is 0. The second kappa shape index (κ2) is 6.11. The molecule has 2 aliphatic rings. The normalized spacial score (nSPS) is 25.6. The molecule has 0 saturated carbocycles. The summed E-state index contributed by atoms with van der Waals surface area (Å²) < 4.78 is 0. The van der Waals surface area contributed by atoms with Crippen molar-refractivity contribution >= 4 is 17.5 Å². The maximum Gasteiger partial charge on any atom is 0.228 e. The van der Waals surface area contributed by atoms with E-state index in [1.807, 2.05) is 36.1 Å². The number of amides is 2. The molecule has 2 atom stereocenters. The monoisotopic (exact) mass is 300 g/mol. The molecule has 22 heavy (non-hydrogen) atoms. The molecule has 0 spiro atoms. The number of anilines is 1. The summed E-state index contributed by atoms with van der Waals surface area (Å²) in [6.45, 7) is 6.43. The first kappa shape index (κ1) is 15.1. The van der Waals surface area contributed by atoms with Gasteiger partial charge in [0.2, 0.25) is 11.8 Å². The van der Waals surface area contributed by atoms with E-state index in [2.05, 4.69) is 6.92 Å². The Balaban J connectivity index is 1.68. The molecule has 2 aliphatic heterocycles. The maximum absolute atomic E-state index is 12.7. The van der Waals surface area contributed by atoms with Gasteiger partial charge in [-0.3, -0.25) is 9.59 Å². The highest BCUT2D eigenvalue weighted by Gasteiger charge is 2.37. The van der Waals surface area contributed by atoms with Crippen LogP contribution < -0.4 is 4.90 Å². The van der Waals surface area contributed by atoms with Crippen molar-refractivity contribution in [3.8, 4) is 0 Å². The second-order valence-corrected chi connectivity index (χ2v) is 6.77. The molecular formula is C18H24N2O2. The Bertz CT molecular complexity index is 567. The number of carbonyl (C=O) groups is 2. The lowest BCUT2D eigenvalue weighted by atomic mass is 9.98. The number of carbonyl (C=O) groups excluding carboxylic acids is 2. The lowest BCUT2D eigenvalue weighted by molar-refractivity contribution is -0.137. The first-order chi connectivity index (χ1) is 10.5. The van der Waals surface area contributed by atoms with Crippen molar-refractivity contribution in [3.63, 3.8) is 0 Å². The number of rotatable bonds is 2. The van der Waals surface area contributed by atoms with Gasteiger partial charge in [-0.05, 0) is 37.8 Å². The molecule has 0 radical (unpaired) electrons. The average molecular weight is 300 g/mol. The van der Waals surface area contributed by atoms with Crippen LogP contribution in [0.1, 0.15) is 31.7 Å². The molecule has 0 aromatic heterocycles. The first-order valence-electron chi connectivity index (χ1n) is 8.20. The number of likely N-dealkylation sites (tertiary alicyclic amines) is 1.